The van der Waals surface area contributed by atoms with Crippen LogP contribution < -0.4 is 5.32 Å². The molecule has 1 saturated carbocycles. The number of amides is 1. The zero-order chi connectivity index (χ0) is 17.6. The molecule has 0 bridgehead atoms. The van der Waals surface area contributed by atoms with Gasteiger partial charge in [-0.2, -0.15) is 5.26 Å². The van der Waals surface area contributed by atoms with Crippen LogP contribution in [0.5, 0.6) is 0 Å². The first kappa shape index (κ1) is 17.5. The summed E-state index contributed by atoms with van der Waals surface area (Å²) in [7, 11) is 0. The molecule has 0 saturated heterocycles. The molecule has 0 atom stereocenters. The van der Waals surface area contributed by atoms with Crippen molar-refractivity contribution in [1.29, 1.82) is 5.26 Å². The lowest BCUT2D eigenvalue weighted by Crippen LogP contribution is -2.20. The quantitative estimate of drug-likeness (QED) is 0.788. The fourth-order valence-electron chi connectivity index (χ4n) is 3.57. The SMILES string of the molecule is N#Cc1cccc(C2CCC(CC(=O)Nc3ccc(Cl)cc3)CC2)c1. The fraction of sp³-hybridized carbons (Fsp3) is 0.333. The summed E-state index contributed by atoms with van der Waals surface area (Å²) in [6.45, 7) is 0. The molecule has 3 rings (SSSR count). The van der Waals surface area contributed by atoms with Crippen LogP contribution >= 0.6 is 11.6 Å². The van der Waals surface area contributed by atoms with E-state index in [1.165, 1.54) is 5.56 Å². The Morgan fingerprint density at radius 1 is 1.12 bits per heavy atom. The van der Waals surface area contributed by atoms with Crippen LogP contribution in [0.4, 0.5) is 5.69 Å². The molecule has 4 heteroatoms. The number of halogens is 1. The number of hydrogen-bond acceptors (Lipinski definition) is 2. The summed E-state index contributed by atoms with van der Waals surface area (Å²) in [5.74, 6) is 1.00. The lowest BCUT2D eigenvalue weighted by atomic mass is 9.77. The largest absolute Gasteiger partial charge is 0.326 e. The first-order chi connectivity index (χ1) is 12.1. The van der Waals surface area contributed by atoms with E-state index in [1.807, 2.05) is 30.3 Å². The Morgan fingerprint density at radius 3 is 2.52 bits per heavy atom. The molecule has 0 unspecified atom stereocenters. The fourth-order valence-corrected chi connectivity index (χ4v) is 3.70. The van der Waals surface area contributed by atoms with Gasteiger partial charge in [0.15, 0.2) is 0 Å². The van der Waals surface area contributed by atoms with Crippen LogP contribution in [-0.2, 0) is 4.79 Å². The van der Waals surface area contributed by atoms with Gasteiger partial charge in [0, 0.05) is 17.1 Å². The van der Waals surface area contributed by atoms with Crippen molar-refractivity contribution in [3.05, 3.63) is 64.7 Å². The van der Waals surface area contributed by atoms with Crippen molar-refractivity contribution < 1.29 is 4.79 Å². The van der Waals surface area contributed by atoms with Crippen LogP contribution in [0.1, 0.15) is 49.1 Å². The Hall–Kier alpha value is -2.31. The van der Waals surface area contributed by atoms with E-state index in [-0.39, 0.29) is 5.91 Å². The molecule has 0 spiro atoms. The van der Waals surface area contributed by atoms with Gasteiger partial charge in [-0.25, -0.2) is 0 Å². The summed E-state index contributed by atoms with van der Waals surface area (Å²) < 4.78 is 0. The van der Waals surface area contributed by atoms with Crippen molar-refractivity contribution in [1.82, 2.24) is 0 Å². The molecule has 25 heavy (non-hydrogen) atoms. The standard InChI is InChI=1S/C21H21ClN2O/c22-19-8-10-20(11-9-19)24-21(25)13-15-4-6-17(7-5-15)18-3-1-2-16(12-18)14-23/h1-3,8-12,15,17H,4-7,13H2,(H,24,25). The van der Waals surface area contributed by atoms with Crippen molar-refractivity contribution in [3.63, 3.8) is 0 Å². The summed E-state index contributed by atoms with van der Waals surface area (Å²) in [5.41, 5.74) is 2.77. The summed E-state index contributed by atoms with van der Waals surface area (Å²) in [4.78, 5) is 12.2. The summed E-state index contributed by atoms with van der Waals surface area (Å²) in [6.07, 6.45) is 4.82. The van der Waals surface area contributed by atoms with E-state index in [1.54, 1.807) is 12.1 Å². The summed E-state index contributed by atoms with van der Waals surface area (Å²) in [6, 6.07) is 17.3. The topological polar surface area (TPSA) is 52.9 Å². The molecule has 0 heterocycles. The van der Waals surface area contributed by atoms with Crippen molar-refractivity contribution in [3.8, 4) is 6.07 Å². The number of rotatable bonds is 4. The summed E-state index contributed by atoms with van der Waals surface area (Å²) >= 11 is 5.86. The predicted octanol–water partition coefficient (Wildman–Crippen LogP) is 5.51. The lowest BCUT2D eigenvalue weighted by Gasteiger charge is -2.28. The van der Waals surface area contributed by atoms with Gasteiger partial charge in [0.1, 0.15) is 0 Å². The molecule has 1 aliphatic rings. The van der Waals surface area contributed by atoms with Gasteiger partial charge in [-0.3, -0.25) is 4.79 Å². The highest BCUT2D eigenvalue weighted by Crippen LogP contribution is 2.37. The zero-order valence-electron chi connectivity index (χ0n) is 14.0. The molecule has 1 N–H and O–H groups in total. The van der Waals surface area contributed by atoms with Crippen LogP contribution in [0, 0.1) is 17.2 Å². The van der Waals surface area contributed by atoms with Crippen molar-refractivity contribution in [2.24, 2.45) is 5.92 Å². The Morgan fingerprint density at radius 2 is 1.84 bits per heavy atom. The minimum atomic E-state index is 0.0669. The van der Waals surface area contributed by atoms with Gasteiger partial charge in [0.25, 0.3) is 0 Å². The van der Waals surface area contributed by atoms with Crippen molar-refractivity contribution in [2.45, 2.75) is 38.0 Å². The monoisotopic (exact) mass is 352 g/mol. The normalized spacial score (nSPS) is 19.8. The van der Waals surface area contributed by atoms with Crippen LogP contribution in [0.2, 0.25) is 5.02 Å². The molecule has 0 radical (unpaired) electrons. The number of anilines is 1. The third-order valence-electron chi connectivity index (χ3n) is 4.94. The maximum Gasteiger partial charge on any atom is 0.224 e. The second kappa shape index (κ2) is 8.18. The minimum absolute atomic E-state index is 0.0669. The third kappa shape index (κ3) is 4.84. The number of nitriles is 1. The van der Waals surface area contributed by atoms with E-state index < -0.39 is 0 Å². The Bertz CT molecular complexity index is 771. The van der Waals surface area contributed by atoms with Crippen LogP contribution in [0.3, 0.4) is 0 Å². The van der Waals surface area contributed by atoms with Crippen molar-refractivity contribution in [2.75, 3.05) is 5.32 Å². The molecule has 1 fully saturated rings. The maximum atomic E-state index is 12.2. The van der Waals surface area contributed by atoms with E-state index in [2.05, 4.69) is 17.5 Å². The zero-order valence-corrected chi connectivity index (χ0v) is 14.8. The highest BCUT2D eigenvalue weighted by molar-refractivity contribution is 6.30. The van der Waals surface area contributed by atoms with E-state index in [4.69, 9.17) is 16.9 Å². The van der Waals surface area contributed by atoms with E-state index in [9.17, 15) is 4.79 Å². The molecule has 1 aliphatic carbocycles. The van der Waals surface area contributed by atoms with Crippen LogP contribution in [0.25, 0.3) is 0 Å². The second-order valence-electron chi connectivity index (χ2n) is 6.71. The van der Waals surface area contributed by atoms with Crippen LogP contribution in [-0.4, -0.2) is 5.91 Å². The Labute approximate surface area is 153 Å². The summed E-state index contributed by atoms with van der Waals surface area (Å²) in [5, 5.41) is 12.6. The third-order valence-corrected chi connectivity index (χ3v) is 5.19. The molecule has 128 valence electrons. The molecule has 3 nitrogen and oxygen atoms in total. The van der Waals surface area contributed by atoms with Crippen LogP contribution in [0.15, 0.2) is 48.5 Å². The van der Waals surface area contributed by atoms with E-state index in [0.717, 1.165) is 36.9 Å². The van der Waals surface area contributed by atoms with Gasteiger partial charge in [0.05, 0.1) is 11.6 Å². The molecule has 0 aromatic heterocycles. The van der Waals surface area contributed by atoms with Gasteiger partial charge in [-0.15, -0.1) is 0 Å². The number of hydrogen-bond donors (Lipinski definition) is 1. The van der Waals surface area contributed by atoms with Gasteiger partial charge in [0.2, 0.25) is 5.91 Å². The molecule has 2 aromatic rings. The smallest absolute Gasteiger partial charge is 0.224 e. The van der Waals surface area contributed by atoms with E-state index >= 15 is 0 Å². The Kier molecular flexibility index (Phi) is 5.73. The minimum Gasteiger partial charge on any atom is -0.326 e. The molecular weight excluding hydrogens is 332 g/mol. The number of nitrogens with zero attached hydrogens (tertiary/aromatic N) is 1. The van der Waals surface area contributed by atoms with Gasteiger partial charge in [-0.1, -0.05) is 23.7 Å². The first-order valence-corrected chi connectivity index (χ1v) is 9.07. The number of nitrogens with one attached hydrogen (secondary N) is 1. The molecule has 2 aromatic carbocycles. The predicted molar refractivity (Wildman–Crippen MR) is 101 cm³/mol. The molecular formula is C21H21ClN2O. The van der Waals surface area contributed by atoms with Gasteiger partial charge < -0.3 is 5.32 Å². The van der Waals surface area contributed by atoms with E-state index in [0.29, 0.717) is 23.3 Å². The Balaban J connectivity index is 1.49. The number of carbonyl (C=O) groups excluding carboxylic acids is 1. The average molecular weight is 353 g/mol. The molecule has 0 aliphatic heterocycles. The van der Waals surface area contributed by atoms with Gasteiger partial charge in [-0.05, 0) is 79.5 Å². The lowest BCUT2D eigenvalue weighted by molar-refractivity contribution is -0.117. The number of carbonyl (C=O) groups is 1. The maximum absolute atomic E-state index is 12.2. The molecule has 1 amide bonds. The first-order valence-electron chi connectivity index (χ1n) is 8.69. The highest BCUT2D eigenvalue weighted by atomic mass is 35.5. The van der Waals surface area contributed by atoms with Gasteiger partial charge >= 0.3 is 0 Å². The second-order valence-corrected chi connectivity index (χ2v) is 7.15. The highest BCUT2D eigenvalue weighted by Gasteiger charge is 2.24. The average Bonchev–Trinajstić information content (AvgIpc) is 2.64. The van der Waals surface area contributed by atoms with Crippen molar-refractivity contribution >= 4 is 23.2 Å². The number of benzene rings is 2.